The van der Waals surface area contributed by atoms with Gasteiger partial charge in [0.1, 0.15) is 11.6 Å². The van der Waals surface area contributed by atoms with Gasteiger partial charge in [0.05, 0.1) is 16.8 Å². The summed E-state index contributed by atoms with van der Waals surface area (Å²) in [6.45, 7) is 7.05. The van der Waals surface area contributed by atoms with E-state index in [4.69, 9.17) is 9.15 Å². The van der Waals surface area contributed by atoms with Crippen molar-refractivity contribution in [3.8, 4) is 11.5 Å². The first-order valence-electron chi connectivity index (χ1n) is 10.2. The Hall–Kier alpha value is -3.56. The van der Waals surface area contributed by atoms with E-state index in [1.807, 2.05) is 0 Å². The molecule has 1 amide bonds. The van der Waals surface area contributed by atoms with Crippen LogP contribution in [0.2, 0.25) is 0 Å². The molecule has 1 aromatic heterocycles. The van der Waals surface area contributed by atoms with E-state index in [2.05, 4.69) is 15.5 Å². The summed E-state index contributed by atoms with van der Waals surface area (Å²) in [4.78, 5) is 13.7. The molecule has 0 saturated carbocycles. The predicted octanol–water partition coefficient (Wildman–Crippen LogP) is 6.43. The van der Waals surface area contributed by atoms with Gasteiger partial charge in [-0.25, -0.2) is 4.79 Å². The number of aromatic nitrogens is 2. The number of hydrogen-bond donors (Lipinski definition) is 1. The second-order valence-electron chi connectivity index (χ2n) is 8.46. The van der Waals surface area contributed by atoms with Gasteiger partial charge >= 0.3 is 12.3 Å². The van der Waals surface area contributed by atoms with E-state index in [0.717, 1.165) is 12.1 Å². The van der Waals surface area contributed by atoms with E-state index < -0.39 is 29.5 Å². The summed E-state index contributed by atoms with van der Waals surface area (Å²) in [6, 6.07) is 11.2. The quantitative estimate of drug-likeness (QED) is 0.471. The largest absolute Gasteiger partial charge is 0.444 e. The first-order valence-corrected chi connectivity index (χ1v) is 10.2. The smallest absolute Gasteiger partial charge is 0.416 e. The van der Waals surface area contributed by atoms with Crippen LogP contribution < -0.4 is 5.32 Å². The third-order valence-corrected chi connectivity index (χ3v) is 4.71. The Kier molecular flexibility index (Phi) is 6.66. The Morgan fingerprint density at radius 3 is 2.30 bits per heavy atom. The topological polar surface area (TPSA) is 80.5 Å². The molecule has 0 bridgehead atoms. The van der Waals surface area contributed by atoms with Gasteiger partial charge < -0.3 is 14.5 Å². The van der Waals surface area contributed by atoms with Crippen molar-refractivity contribution < 1.29 is 27.1 Å². The fourth-order valence-electron chi connectivity index (χ4n) is 2.85. The molecular weight excluding hydrogens is 437 g/mol. The third kappa shape index (κ3) is 6.03. The van der Waals surface area contributed by atoms with Crippen LogP contribution in [0.4, 0.5) is 29.3 Å². The van der Waals surface area contributed by atoms with Gasteiger partial charge in [-0.1, -0.05) is 12.1 Å². The van der Waals surface area contributed by atoms with Crippen molar-refractivity contribution in [3.63, 3.8) is 0 Å². The number of amides is 1. The summed E-state index contributed by atoms with van der Waals surface area (Å²) in [5.74, 6) is 0.409. The molecule has 0 fully saturated rings. The molecule has 7 nitrogen and oxygen atoms in total. The van der Waals surface area contributed by atoms with Crippen LogP contribution in [0.25, 0.3) is 11.5 Å². The number of alkyl halides is 3. The molecule has 0 radical (unpaired) electrons. The fourth-order valence-corrected chi connectivity index (χ4v) is 2.85. The molecule has 3 aromatic rings. The summed E-state index contributed by atoms with van der Waals surface area (Å²) >= 11 is 0. The Morgan fingerprint density at radius 2 is 1.70 bits per heavy atom. The Morgan fingerprint density at radius 1 is 1.06 bits per heavy atom. The number of nitrogens with one attached hydrogen (secondary N) is 1. The zero-order chi connectivity index (χ0) is 24.4. The molecule has 2 aromatic carbocycles. The first-order chi connectivity index (χ1) is 15.3. The molecule has 0 aliphatic carbocycles. The molecule has 33 heavy (non-hydrogen) atoms. The van der Waals surface area contributed by atoms with Crippen molar-refractivity contribution in [1.29, 1.82) is 0 Å². The van der Waals surface area contributed by atoms with Crippen molar-refractivity contribution in [2.75, 3.05) is 12.4 Å². The molecule has 0 aliphatic heterocycles. The van der Waals surface area contributed by atoms with Gasteiger partial charge in [0, 0.05) is 12.7 Å². The maximum absolute atomic E-state index is 12.8. The van der Waals surface area contributed by atoms with Gasteiger partial charge in [0.2, 0.25) is 11.8 Å². The zero-order valence-corrected chi connectivity index (χ0v) is 18.9. The fraction of sp³-hybridized carbons (Fsp3) is 0.348. The van der Waals surface area contributed by atoms with Gasteiger partial charge in [-0.3, -0.25) is 4.90 Å². The van der Waals surface area contributed by atoms with Gasteiger partial charge in [-0.2, -0.15) is 13.2 Å². The summed E-state index contributed by atoms with van der Waals surface area (Å²) in [7, 11) is 1.57. The molecule has 1 atom stereocenters. The standard InChI is InChI=1S/C23H25F3N4O3/c1-14(30(5)21(31)33-22(2,3)4)19-28-29-20(32-19)17-8-6-7-9-18(17)27-16-12-10-15(11-13-16)23(24,25)26/h6-14,27H,1-5H3. The summed E-state index contributed by atoms with van der Waals surface area (Å²) < 4.78 is 49.6. The third-order valence-electron chi connectivity index (χ3n) is 4.71. The molecule has 10 heteroatoms. The number of benzene rings is 2. The van der Waals surface area contributed by atoms with Crippen LogP contribution in [-0.2, 0) is 10.9 Å². The lowest BCUT2D eigenvalue weighted by atomic mass is 10.1. The van der Waals surface area contributed by atoms with Crippen molar-refractivity contribution in [2.45, 2.75) is 45.5 Å². The number of ether oxygens (including phenoxy) is 1. The van der Waals surface area contributed by atoms with Crippen LogP contribution in [0.5, 0.6) is 0 Å². The minimum absolute atomic E-state index is 0.199. The minimum Gasteiger partial charge on any atom is -0.444 e. The number of nitrogens with zero attached hydrogens (tertiary/aromatic N) is 3. The van der Waals surface area contributed by atoms with Crippen LogP contribution >= 0.6 is 0 Å². The predicted molar refractivity (Wildman–Crippen MR) is 117 cm³/mol. The lowest BCUT2D eigenvalue weighted by Gasteiger charge is -2.27. The highest BCUT2D eigenvalue weighted by Gasteiger charge is 2.30. The van der Waals surface area contributed by atoms with E-state index >= 15 is 0 Å². The number of hydrogen-bond acceptors (Lipinski definition) is 6. The second-order valence-corrected chi connectivity index (χ2v) is 8.46. The maximum Gasteiger partial charge on any atom is 0.416 e. The average Bonchev–Trinajstić information content (AvgIpc) is 3.21. The summed E-state index contributed by atoms with van der Waals surface area (Å²) in [5, 5.41) is 11.2. The van der Waals surface area contributed by atoms with E-state index in [9.17, 15) is 18.0 Å². The average molecular weight is 462 g/mol. The van der Waals surface area contributed by atoms with Crippen molar-refractivity contribution in [3.05, 3.63) is 60.0 Å². The van der Waals surface area contributed by atoms with E-state index in [-0.39, 0.29) is 11.8 Å². The normalized spacial score (nSPS) is 12.8. The second kappa shape index (κ2) is 9.13. The number of carbonyl (C=O) groups excluding carboxylic acids is 1. The van der Waals surface area contributed by atoms with Crippen LogP contribution in [0, 0.1) is 0 Å². The lowest BCUT2D eigenvalue weighted by molar-refractivity contribution is -0.137. The van der Waals surface area contributed by atoms with Crippen molar-refractivity contribution in [2.24, 2.45) is 0 Å². The van der Waals surface area contributed by atoms with Crippen LogP contribution in [0.1, 0.15) is 45.2 Å². The molecule has 0 saturated heterocycles. The van der Waals surface area contributed by atoms with Crippen molar-refractivity contribution >= 4 is 17.5 Å². The first kappa shape index (κ1) is 24.1. The molecule has 1 unspecified atom stereocenters. The molecule has 0 aliphatic rings. The molecule has 1 heterocycles. The minimum atomic E-state index is -4.40. The summed E-state index contributed by atoms with van der Waals surface area (Å²) in [5.41, 5.74) is 0.219. The van der Waals surface area contributed by atoms with Crippen LogP contribution in [-0.4, -0.2) is 33.8 Å². The Labute approximate surface area is 189 Å². The van der Waals surface area contributed by atoms with Gasteiger partial charge in [0.25, 0.3) is 0 Å². The van der Waals surface area contributed by atoms with E-state index in [0.29, 0.717) is 16.9 Å². The van der Waals surface area contributed by atoms with Crippen LogP contribution in [0.15, 0.2) is 52.9 Å². The van der Waals surface area contributed by atoms with Crippen LogP contribution in [0.3, 0.4) is 0 Å². The van der Waals surface area contributed by atoms with Crippen molar-refractivity contribution in [1.82, 2.24) is 15.1 Å². The van der Waals surface area contributed by atoms with E-state index in [1.54, 1.807) is 59.0 Å². The highest BCUT2D eigenvalue weighted by molar-refractivity contribution is 5.76. The summed E-state index contributed by atoms with van der Waals surface area (Å²) in [6.07, 6.45) is -4.93. The van der Waals surface area contributed by atoms with Gasteiger partial charge in [0.15, 0.2) is 0 Å². The van der Waals surface area contributed by atoms with Gasteiger partial charge in [-0.05, 0) is 64.1 Å². The Bertz CT molecular complexity index is 1110. The molecular formula is C23H25F3N4O3. The number of rotatable bonds is 5. The number of anilines is 2. The number of carbonyl (C=O) groups is 1. The maximum atomic E-state index is 12.8. The Balaban J connectivity index is 1.80. The zero-order valence-electron chi connectivity index (χ0n) is 18.9. The lowest BCUT2D eigenvalue weighted by Crippen LogP contribution is -2.35. The SMILES string of the molecule is CC(c1nnc(-c2ccccc2Nc2ccc(C(F)(F)F)cc2)o1)N(C)C(=O)OC(C)(C)C. The monoisotopic (exact) mass is 462 g/mol. The van der Waals surface area contributed by atoms with Gasteiger partial charge in [-0.15, -0.1) is 10.2 Å². The highest BCUT2D eigenvalue weighted by atomic mass is 19.4. The van der Waals surface area contributed by atoms with E-state index in [1.165, 1.54) is 17.0 Å². The highest BCUT2D eigenvalue weighted by Crippen LogP contribution is 2.33. The molecule has 1 N–H and O–H groups in total. The molecule has 0 spiro atoms. The molecule has 3 rings (SSSR count). The molecule has 176 valence electrons. The number of halogens is 3. The number of para-hydroxylation sites is 1.